The average Bonchev–Trinajstić information content (AvgIpc) is 2.86. The van der Waals surface area contributed by atoms with Crippen LogP contribution in [0, 0.1) is 17.5 Å². The Morgan fingerprint density at radius 3 is 3.06 bits per heavy atom. The van der Waals surface area contributed by atoms with Crippen LogP contribution in [0.3, 0.4) is 0 Å². The van der Waals surface area contributed by atoms with Crippen LogP contribution in [0.5, 0.6) is 0 Å². The summed E-state index contributed by atoms with van der Waals surface area (Å²) in [7, 11) is 0. The minimum absolute atomic E-state index is 0.205. The summed E-state index contributed by atoms with van der Waals surface area (Å²) in [6, 6.07) is 3.61. The molecule has 1 aromatic carbocycles. The Morgan fingerprint density at radius 2 is 2.35 bits per heavy atom. The summed E-state index contributed by atoms with van der Waals surface area (Å²) in [5.41, 5.74) is 2.36. The third-order valence-electron chi connectivity index (χ3n) is 3.27. The summed E-state index contributed by atoms with van der Waals surface area (Å²) in [6.07, 6.45) is 0.956. The maximum Gasteiger partial charge on any atom is 0.178 e. The standard InChI is InChI=1S/C12H13FN2OS/c1-7-4-11-10(5-9(7)13)14-12(17)15(11)8-2-3-16-6-8/h4-5,8H,2-3,6H2,1H3,(H,14,17). The highest BCUT2D eigenvalue weighted by molar-refractivity contribution is 7.71. The molecule has 1 atom stereocenters. The van der Waals surface area contributed by atoms with Crippen LogP contribution in [0.25, 0.3) is 11.0 Å². The van der Waals surface area contributed by atoms with E-state index in [0.29, 0.717) is 16.9 Å². The fourth-order valence-electron chi connectivity index (χ4n) is 2.34. The van der Waals surface area contributed by atoms with Crippen LogP contribution in [0.4, 0.5) is 4.39 Å². The number of aromatic nitrogens is 2. The number of fused-ring (bicyclic) bond motifs is 1. The van der Waals surface area contributed by atoms with Crippen molar-refractivity contribution in [1.29, 1.82) is 0 Å². The van der Waals surface area contributed by atoms with Crippen molar-refractivity contribution in [2.45, 2.75) is 19.4 Å². The number of imidazole rings is 1. The van der Waals surface area contributed by atoms with E-state index >= 15 is 0 Å². The number of hydrogen-bond acceptors (Lipinski definition) is 2. The van der Waals surface area contributed by atoms with Gasteiger partial charge in [-0.3, -0.25) is 0 Å². The maximum atomic E-state index is 13.5. The SMILES string of the molecule is Cc1cc2c(cc1F)[nH]c(=S)n2C1CCOC1. The largest absolute Gasteiger partial charge is 0.379 e. The molecular formula is C12H13FN2OS. The van der Waals surface area contributed by atoms with E-state index in [1.165, 1.54) is 6.07 Å². The number of hydrogen-bond donors (Lipinski definition) is 1. The lowest BCUT2D eigenvalue weighted by atomic mass is 10.2. The molecule has 0 radical (unpaired) electrons. The van der Waals surface area contributed by atoms with E-state index in [-0.39, 0.29) is 11.9 Å². The van der Waals surface area contributed by atoms with Crippen molar-refractivity contribution < 1.29 is 9.13 Å². The fraction of sp³-hybridized carbons (Fsp3) is 0.417. The number of benzene rings is 1. The van der Waals surface area contributed by atoms with Crippen LogP contribution < -0.4 is 0 Å². The van der Waals surface area contributed by atoms with Crippen molar-refractivity contribution in [3.63, 3.8) is 0 Å². The van der Waals surface area contributed by atoms with Gasteiger partial charge in [0.05, 0.1) is 23.7 Å². The van der Waals surface area contributed by atoms with Gasteiger partial charge in [-0.2, -0.15) is 0 Å². The van der Waals surface area contributed by atoms with E-state index in [1.807, 2.05) is 10.6 Å². The minimum Gasteiger partial charge on any atom is -0.379 e. The van der Waals surface area contributed by atoms with Crippen molar-refractivity contribution >= 4 is 23.3 Å². The van der Waals surface area contributed by atoms with Gasteiger partial charge in [-0.25, -0.2) is 4.39 Å². The number of aromatic amines is 1. The molecule has 1 aliphatic heterocycles. The van der Waals surface area contributed by atoms with Crippen LogP contribution in [-0.2, 0) is 4.74 Å². The molecule has 1 aromatic heterocycles. The molecule has 2 aromatic rings. The second-order valence-corrected chi connectivity index (χ2v) is 4.82. The van der Waals surface area contributed by atoms with Crippen LogP contribution in [0.2, 0.25) is 0 Å². The van der Waals surface area contributed by atoms with Gasteiger partial charge in [-0.15, -0.1) is 0 Å². The number of rotatable bonds is 1. The quantitative estimate of drug-likeness (QED) is 0.790. The first-order valence-electron chi connectivity index (χ1n) is 5.65. The summed E-state index contributed by atoms with van der Waals surface area (Å²) >= 11 is 5.31. The van der Waals surface area contributed by atoms with Crippen molar-refractivity contribution in [1.82, 2.24) is 9.55 Å². The predicted molar refractivity (Wildman–Crippen MR) is 66.3 cm³/mol. The third kappa shape index (κ3) is 1.70. The molecular weight excluding hydrogens is 239 g/mol. The van der Waals surface area contributed by atoms with E-state index in [1.54, 1.807) is 6.92 Å². The molecule has 0 spiro atoms. The Kier molecular flexibility index (Phi) is 2.52. The number of nitrogens with one attached hydrogen (secondary N) is 1. The maximum absolute atomic E-state index is 13.5. The van der Waals surface area contributed by atoms with Crippen molar-refractivity contribution in [2.75, 3.05) is 13.2 Å². The molecule has 1 unspecified atom stereocenters. The van der Waals surface area contributed by atoms with Crippen molar-refractivity contribution in [2.24, 2.45) is 0 Å². The van der Waals surface area contributed by atoms with Gasteiger partial charge in [0, 0.05) is 6.61 Å². The minimum atomic E-state index is -0.205. The van der Waals surface area contributed by atoms with Crippen molar-refractivity contribution in [3.8, 4) is 0 Å². The second kappa shape index (κ2) is 3.92. The Labute approximate surface area is 103 Å². The summed E-state index contributed by atoms with van der Waals surface area (Å²) in [4.78, 5) is 3.05. The molecule has 17 heavy (non-hydrogen) atoms. The molecule has 1 saturated heterocycles. The number of nitrogens with zero attached hydrogens (tertiary/aromatic N) is 1. The summed E-state index contributed by atoms with van der Waals surface area (Å²) in [6.45, 7) is 3.21. The van der Waals surface area contributed by atoms with Gasteiger partial charge in [0.25, 0.3) is 0 Å². The van der Waals surface area contributed by atoms with Gasteiger partial charge >= 0.3 is 0 Å². The van der Waals surface area contributed by atoms with Gasteiger partial charge in [0.1, 0.15) is 5.82 Å². The molecule has 3 rings (SSSR count). The van der Waals surface area contributed by atoms with Crippen LogP contribution in [-0.4, -0.2) is 22.8 Å². The van der Waals surface area contributed by atoms with E-state index < -0.39 is 0 Å². The Hall–Kier alpha value is -1.20. The Bertz CT molecular complexity index is 625. The van der Waals surface area contributed by atoms with Crippen LogP contribution in [0.15, 0.2) is 12.1 Å². The molecule has 3 nitrogen and oxygen atoms in total. The molecule has 1 fully saturated rings. The van der Waals surface area contributed by atoms with E-state index in [9.17, 15) is 4.39 Å². The molecule has 5 heteroatoms. The molecule has 1 N–H and O–H groups in total. The zero-order valence-corrected chi connectivity index (χ0v) is 10.3. The number of halogens is 1. The van der Waals surface area contributed by atoms with E-state index in [0.717, 1.165) is 24.1 Å². The molecule has 2 heterocycles. The van der Waals surface area contributed by atoms with Crippen LogP contribution >= 0.6 is 12.2 Å². The van der Waals surface area contributed by atoms with E-state index in [2.05, 4.69) is 4.98 Å². The summed E-state index contributed by atoms with van der Waals surface area (Å²) in [5.74, 6) is -0.205. The smallest absolute Gasteiger partial charge is 0.178 e. The average molecular weight is 252 g/mol. The molecule has 0 bridgehead atoms. The first kappa shape index (κ1) is 10.9. The number of ether oxygens (including phenoxy) is 1. The zero-order valence-electron chi connectivity index (χ0n) is 9.50. The zero-order chi connectivity index (χ0) is 12.0. The van der Waals surface area contributed by atoms with Crippen LogP contribution in [0.1, 0.15) is 18.0 Å². The lowest BCUT2D eigenvalue weighted by molar-refractivity contribution is 0.187. The van der Waals surface area contributed by atoms with E-state index in [4.69, 9.17) is 17.0 Å². The topological polar surface area (TPSA) is 29.9 Å². The molecule has 0 amide bonds. The summed E-state index contributed by atoms with van der Waals surface area (Å²) in [5, 5.41) is 0. The molecule has 90 valence electrons. The number of aryl methyl sites for hydroxylation is 1. The van der Waals surface area contributed by atoms with Gasteiger partial charge in [0.15, 0.2) is 4.77 Å². The summed E-state index contributed by atoms with van der Waals surface area (Å²) < 4.78 is 21.5. The lowest BCUT2D eigenvalue weighted by Gasteiger charge is -2.11. The van der Waals surface area contributed by atoms with Gasteiger partial charge in [-0.1, -0.05) is 0 Å². The number of H-pyrrole nitrogens is 1. The monoisotopic (exact) mass is 252 g/mol. The van der Waals surface area contributed by atoms with Gasteiger partial charge in [0.2, 0.25) is 0 Å². The Balaban J connectivity index is 2.26. The van der Waals surface area contributed by atoms with Crippen molar-refractivity contribution in [3.05, 3.63) is 28.3 Å². The fourth-order valence-corrected chi connectivity index (χ4v) is 2.70. The highest BCUT2D eigenvalue weighted by Crippen LogP contribution is 2.26. The Morgan fingerprint density at radius 1 is 1.53 bits per heavy atom. The third-order valence-corrected chi connectivity index (χ3v) is 3.57. The highest BCUT2D eigenvalue weighted by atomic mass is 32.1. The highest BCUT2D eigenvalue weighted by Gasteiger charge is 2.21. The normalized spacial score (nSPS) is 20.2. The lowest BCUT2D eigenvalue weighted by Crippen LogP contribution is -2.08. The molecule has 0 saturated carbocycles. The molecule has 0 aliphatic carbocycles. The predicted octanol–water partition coefficient (Wildman–Crippen LogP) is 3.11. The second-order valence-electron chi connectivity index (χ2n) is 4.44. The first-order valence-corrected chi connectivity index (χ1v) is 6.06. The van der Waals surface area contributed by atoms with Gasteiger partial charge < -0.3 is 14.3 Å². The first-order chi connectivity index (χ1) is 8.16. The molecule has 1 aliphatic rings. The van der Waals surface area contributed by atoms with Gasteiger partial charge in [-0.05, 0) is 43.3 Å².